The van der Waals surface area contributed by atoms with Crippen LogP contribution in [0.2, 0.25) is 0 Å². The number of nitrogens with one attached hydrogen (secondary N) is 2. The number of amides is 2. The molecular formula is C22H32N2O6S. The van der Waals surface area contributed by atoms with Crippen molar-refractivity contribution >= 4 is 36.4 Å². The molecule has 0 aliphatic carbocycles. The van der Waals surface area contributed by atoms with Crippen molar-refractivity contribution in [3.63, 3.8) is 0 Å². The fraction of sp³-hybridized carbons (Fsp3) is 0.545. The Bertz CT molecular complexity index is 741. The Balaban J connectivity index is 2.75. The number of rotatable bonds is 13. The van der Waals surface area contributed by atoms with Gasteiger partial charge in [-0.25, -0.2) is 4.79 Å². The lowest BCUT2D eigenvalue weighted by atomic mass is 10.0. The molecule has 0 aliphatic rings. The van der Waals surface area contributed by atoms with Crippen LogP contribution in [-0.2, 0) is 30.3 Å². The summed E-state index contributed by atoms with van der Waals surface area (Å²) < 4.78 is 4.57. The third-order valence-corrected chi connectivity index (χ3v) is 5.12. The fourth-order valence-electron chi connectivity index (χ4n) is 2.97. The molecule has 0 aliphatic heterocycles. The molecule has 1 aromatic carbocycles. The van der Waals surface area contributed by atoms with Crippen molar-refractivity contribution in [2.45, 2.75) is 63.3 Å². The topological polar surface area (TPSA) is 122 Å². The molecule has 0 aromatic heterocycles. The molecule has 1 rings (SSSR count). The molecule has 3 atom stereocenters. The highest BCUT2D eigenvalue weighted by molar-refractivity contribution is 7.81. The average molecular weight is 453 g/mol. The summed E-state index contributed by atoms with van der Waals surface area (Å²) in [4.78, 5) is 48.2. The number of ether oxygens (including phenoxy) is 1. The highest BCUT2D eigenvalue weighted by Crippen LogP contribution is 2.12. The summed E-state index contributed by atoms with van der Waals surface area (Å²) in [6, 6.07) is 6.99. The summed E-state index contributed by atoms with van der Waals surface area (Å²) in [5, 5.41) is 14.0. The van der Waals surface area contributed by atoms with E-state index in [1.807, 2.05) is 19.9 Å². The molecule has 0 spiro atoms. The molecule has 172 valence electrons. The second-order valence-corrected chi connectivity index (χ2v) is 8.39. The third-order valence-electron chi connectivity index (χ3n) is 4.63. The van der Waals surface area contributed by atoms with E-state index in [-0.39, 0.29) is 24.7 Å². The second-order valence-electron chi connectivity index (χ2n) is 7.76. The predicted molar refractivity (Wildman–Crippen MR) is 120 cm³/mol. The van der Waals surface area contributed by atoms with E-state index >= 15 is 0 Å². The standard InChI is InChI=1S/C22H32N2O6S/c1-14(2)12-16(23-21(27)18(31)10-7-11-19(25)30-3)20(26)24-17(22(28)29)13-15-8-5-4-6-9-15/h4-6,8-9,14,16-18,31H,7,10-13H2,1-3H3,(H,23,27)(H,24,26)(H,28,29)/t16-,17-,18?/m0/s1. The van der Waals surface area contributed by atoms with Crippen molar-refractivity contribution < 1.29 is 29.0 Å². The van der Waals surface area contributed by atoms with Crippen LogP contribution >= 0.6 is 12.6 Å². The van der Waals surface area contributed by atoms with E-state index in [0.29, 0.717) is 19.3 Å². The molecule has 31 heavy (non-hydrogen) atoms. The van der Waals surface area contributed by atoms with Crippen molar-refractivity contribution in [3.8, 4) is 0 Å². The van der Waals surface area contributed by atoms with Crippen molar-refractivity contribution in [3.05, 3.63) is 35.9 Å². The Labute approximate surface area is 188 Å². The van der Waals surface area contributed by atoms with Crippen molar-refractivity contribution in [1.82, 2.24) is 10.6 Å². The summed E-state index contributed by atoms with van der Waals surface area (Å²) in [7, 11) is 1.30. The third kappa shape index (κ3) is 10.3. The number of carbonyl (C=O) groups is 4. The average Bonchev–Trinajstić information content (AvgIpc) is 2.72. The van der Waals surface area contributed by atoms with E-state index < -0.39 is 35.1 Å². The molecule has 0 saturated heterocycles. The van der Waals surface area contributed by atoms with Crippen molar-refractivity contribution in [2.24, 2.45) is 5.92 Å². The number of carbonyl (C=O) groups excluding carboxylic acids is 3. The van der Waals surface area contributed by atoms with Crippen LogP contribution in [0.4, 0.5) is 0 Å². The first-order chi connectivity index (χ1) is 14.6. The number of hydrogen-bond acceptors (Lipinski definition) is 6. The molecule has 0 saturated carbocycles. The number of esters is 1. The molecular weight excluding hydrogens is 420 g/mol. The highest BCUT2D eigenvalue weighted by atomic mass is 32.1. The Morgan fingerprint density at radius 1 is 1.03 bits per heavy atom. The van der Waals surface area contributed by atoms with E-state index in [1.165, 1.54) is 7.11 Å². The Hall–Kier alpha value is -2.55. The number of benzene rings is 1. The maximum atomic E-state index is 12.8. The van der Waals surface area contributed by atoms with E-state index in [4.69, 9.17) is 0 Å². The molecule has 0 heterocycles. The lowest BCUT2D eigenvalue weighted by Gasteiger charge is -2.24. The smallest absolute Gasteiger partial charge is 0.326 e. The number of aliphatic carboxylic acids is 1. The minimum atomic E-state index is -1.15. The Morgan fingerprint density at radius 3 is 2.19 bits per heavy atom. The van der Waals surface area contributed by atoms with Gasteiger partial charge in [0.05, 0.1) is 12.4 Å². The first-order valence-electron chi connectivity index (χ1n) is 10.3. The van der Waals surface area contributed by atoms with Gasteiger partial charge < -0.3 is 20.5 Å². The molecule has 0 bridgehead atoms. The summed E-state index contributed by atoms with van der Waals surface area (Å²) in [5.74, 6) is -2.42. The van der Waals surface area contributed by atoms with Crippen LogP contribution in [0.1, 0.15) is 45.1 Å². The number of carboxylic acids is 1. The van der Waals surface area contributed by atoms with E-state index in [1.54, 1.807) is 24.3 Å². The van der Waals surface area contributed by atoms with Gasteiger partial charge in [0.1, 0.15) is 12.1 Å². The van der Waals surface area contributed by atoms with E-state index in [2.05, 4.69) is 28.0 Å². The van der Waals surface area contributed by atoms with Gasteiger partial charge >= 0.3 is 11.9 Å². The van der Waals surface area contributed by atoms with E-state index in [9.17, 15) is 24.3 Å². The minimum absolute atomic E-state index is 0.0890. The Kier molecular flexibility index (Phi) is 11.7. The van der Waals surface area contributed by atoms with Gasteiger partial charge in [0.25, 0.3) is 0 Å². The lowest BCUT2D eigenvalue weighted by Crippen LogP contribution is -2.53. The van der Waals surface area contributed by atoms with Gasteiger partial charge in [-0.3, -0.25) is 14.4 Å². The number of carboxylic acid groups (broad SMARTS) is 1. The zero-order valence-electron chi connectivity index (χ0n) is 18.2. The fourth-order valence-corrected chi connectivity index (χ4v) is 3.22. The molecule has 3 N–H and O–H groups in total. The molecule has 1 aromatic rings. The summed E-state index contributed by atoms with van der Waals surface area (Å²) >= 11 is 4.27. The normalized spacial score (nSPS) is 13.7. The molecule has 1 unspecified atom stereocenters. The largest absolute Gasteiger partial charge is 0.480 e. The zero-order valence-corrected chi connectivity index (χ0v) is 19.1. The van der Waals surface area contributed by atoms with Crippen LogP contribution in [0, 0.1) is 5.92 Å². The highest BCUT2D eigenvalue weighted by Gasteiger charge is 2.28. The zero-order chi connectivity index (χ0) is 23.4. The van der Waals surface area contributed by atoms with Crippen molar-refractivity contribution in [1.29, 1.82) is 0 Å². The van der Waals surface area contributed by atoms with Gasteiger partial charge in [0.15, 0.2) is 0 Å². The number of methoxy groups -OCH3 is 1. The van der Waals surface area contributed by atoms with Crippen LogP contribution in [0.15, 0.2) is 30.3 Å². The molecule has 2 amide bonds. The monoisotopic (exact) mass is 452 g/mol. The number of hydrogen-bond donors (Lipinski definition) is 4. The van der Waals surface area contributed by atoms with Crippen LogP contribution in [-0.4, -0.2) is 53.3 Å². The van der Waals surface area contributed by atoms with Gasteiger partial charge in [0.2, 0.25) is 11.8 Å². The predicted octanol–water partition coefficient (Wildman–Crippen LogP) is 1.97. The number of thiol groups is 1. The quantitative estimate of drug-likeness (QED) is 0.268. The van der Waals surface area contributed by atoms with Gasteiger partial charge in [-0.1, -0.05) is 44.2 Å². The van der Waals surface area contributed by atoms with Crippen LogP contribution < -0.4 is 10.6 Å². The van der Waals surface area contributed by atoms with Crippen LogP contribution in [0.5, 0.6) is 0 Å². The SMILES string of the molecule is COC(=O)CCCC(S)C(=O)N[C@@H](CC(C)C)C(=O)N[C@@H](Cc1ccccc1)C(=O)O. The minimum Gasteiger partial charge on any atom is -0.480 e. The summed E-state index contributed by atoms with van der Waals surface area (Å²) in [6.45, 7) is 3.80. The second kappa shape index (κ2) is 13.7. The lowest BCUT2D eigenvalue weighted by molar-refractivity contribution is -0.142. The molecule has 0 radical (unpaired) electrons. The van der Waals surface area contributed by atoms with Gasteiger partial charge in [-0.15, -0.1) is 0 Å². The van der Waals surface area contributed by atoms with Crippen LogP contribution in [0.25, 0.3) is 0 Å². The van der Waals surface area contributed by atoms with Gasteiger partial charge in [0, 0.05) is 12.8 Å². The maximum Gasteiger partial charge on any atom is 0.326 e. The maximum absolute atomic E-state index is 12.8. The van der Waals surface area contributed by atoms with E-state index in [0.717, 1.165) is 5.56 Å². The summed E-state index contributed by atoms with van der Waals surface area (Å²) in [5.41, 5.74) is 0.778. The Morgan fingerprint density at radius 2 is 1.65 bits per heavy atom. The van der Waals surface area contributed by atoms with Gasteiger partial charge in [-0.2, -0.15) is 12.6 Å². The molecule has 0 fully saturated rings. The first-order valence-corrected chi connectivity index (χ1v) is 10.8. The molecule has 8 nitrogen and oxygen atoms in total. The van der Waals surface area contributed by atoms with Gasteiger partial charge in [-0.05, 0) is 30.7 Å². The summed E-state index contributed by atoms with van der Waals surface area (Å²) in [6.07, 6.45) is 1.42. The van der Waals surface area contributed by atoms with Crippen LogP contribution in [0.3, 0.4) is 0 Å². The first kappa shape index (κ1) is 26.5. The van der Waals surface area contributed by atoms with Crippen molar-refractivity contribution in [2.75, 3.05) is 7.11 Å². The molecule has 9 heteroatoms.